The van der Waals surface area contributed by atoms with Crippen molar-refractivity contribution in [3.05, 3.63) is 46.5 Å². The number of nitrogen functional groups attached to an aromatic ring is 1. The van der Waals surface area contributed by atoms with Crippen LogP contribution in [0.3, 0.4) is 0 Å². The van der Waals surface area contributed by atoms with E-state index in [0.717, 1.165) is 10.9 Å². The number of rotatable bonds is 2. The lowest BCUT2D eigenvalue weighted by molar-refractivity contribution is 0.102. The summed E-state index contributed by atoms with van der Waals surface area (Å²) in [4.78, 5) is 22.9. The van der Waals surface area contributed by atoms with Crippen molar-refractivity contribution >= 4 is 51.5 Å². The van der Waals surface area contributed by atoms with E-state index in [1.807, 2.05) is 0 Å². The van der Waals surface area contributed by atoms with Gasteiger partial charge in [0, 0.05) is 28.9 Å². The molecule has 0 aliphatic carbocycles. The molecule has 0 fully saturated rings. The molecule has 0 bridgehead atoms. The van der Waals surface area contributed by atoms with Crippen LogP contribution < -0.4 is 11.1 Å². The molecule has 0 aliphatic heterocycles. The van der Waals surface area contributed by atoms with Crippen molar-refractivity contribution in [2.24, 2.45) is 0 Å². The molecule has 0 spiro atoms. The molecule has 0 unspecified atom stereocenters. The summed E-state index contributed by atoms with van der Waals surface area (Å²) in [5.41, 5.74) is 7.58. The van der Waals surface area contributed by atoms with E-state index in [4.69, 9.17) is 28.9 Å². The van der Waals surface area contributed by atoms with E-state index < -0.39 is 0 Å². The van der Waals surface area contributed by atoms with E-state index in [1.165, 1.54) is 6.07 Å². The van der Waals surface area contributed by atoms with Crippen LogP contribution in [0.15, 0.2) is 30.5 Å². The maximum atomic E-state index is 12.3. The second-order valence-electron chi connectivity index (χ2n) is 4.31. The average molecular weight is 322 g/mol. The summed E-state index contributed by atoms with van der Waals surface area (Å²) in [7, 11) is 0. The van der Waals surface area contributed by atoms with Gasteiger partial charge >= 0.3 is 0 Å². The molecule has 0 radical (unpaired) electrons. The van der Waals surface area contributed by atoms with Crippen molar-refractivity contribution < 1.29 is 4.79 Å². The zero-order valence-electron chi connectivity index (χ0n) is 10.5. The fraction of sp³-hybridized carbons (Fsp3) is 0. The fourth-order valence-corrected chi connectivity index (χ4v) is 2.37. The van der Waals surface area contributed by atoms with Crippen LogP contribution in [-0.4, -0.2) is 20.9 Å². The first-order valence-electron chi connectivity index (χ1n) is 5.91. The van der Waals surface area contributed by atoms with E-state index >= 15 is 0 Å². The van der Waals surface area contributed by atoms with Crippen LogP contribution in [0.25, 0.3) is 10.9 Å². The van der Waals surface area contributed by atoms with Crippen LogP contribution in [0.4, 0.5) is 11.5 Å². The molecule has 4 N–H and O–H groups in total. The molecular weight excluding hydrogens is 313 g/mol. The Morgan fingerprint density at radius 1 is 1.24 bits per heavy atom. The quantitative estimate of drug-likeness (QED) is 0.384. The van der Waals surface area contributed by atoms with E-state index in [-0.39, 0.29) is 22.2 Å². The summed E-state index contributed by atoms with van der Waals surface area (Å²) in [5.74, 6) is -0.124. The first kappa shape index (κ1) is 13.7. The molecule has 2 heterocycles. The van der Waals surface area contributed by atoms with Crippen molar-refractivity contribution in [3.8, 4) is 0 Å². The third-order valence-electron chi connectivity index (χ3n) is 2.86. The number of carbonyl (C=O) groups excluding carboxylic acids is 1. The van der Waals surface area contributed by atoms with Crippen LogP contribution in [0, 0.1) is 0 Å². The van der Waals surface area contributed by atoms with Gasteiger partial charge in [-0.25, -0.2) is 9.97 Å². The Balaban J connectivity index is 1.95. The van der Waals surface area contributed by atoms with Crippen LogP contribution >= 0.6 is 23.2 Å². The van der Waals surface area contributed by atoms with Crippen molar-refractivity contribution in [2.75, 3.05) is 11.1 Å². The number of aromatic amines is 1. The van der Waals surface area contributed by atoms with Crippen molar-refractivity contribution in [2.45, 2.75) is 0 Å². The molecule has 0 saturated carbocycles. The maximum Gasteiger partial charge on any atom is 0.258 e. The third kappa shape index (κ3) is 2.76. The van der Waals surface area contributed by atoms with Crippen LogP contribution in [-0.2, 0) is 0 Å². The van der Waals surface area contributed by atoms with E-state index in [2.05, 4.69) is 20.3 Å². The van der Waals surface area contributed by atoms with Gasteiger partial charge in [-0.05, 0) is 29.8 Å². The fourth-order valence-electron chi connectivity index (χ4n) is 1.96. The largest absolute Gasteiger partial charge is 0.399 e. The van der Waals surface area contributed by atoms with Gasteiger partial charge in [-0.3, -0.25) is 4.79 Å². The summed E-state index contributed by atoms with van der Waals surface area (Å²) in [6, 6.07) is 6.69. The molecule has 1 amide bonds. The SMILES string of the molecule is Nc1ccc2[nH]cc(C(=O)Nc3cc(Cl)nc(Cl)n3)c2c1. The van der Waals surface area contributed by atoms with Crippen LogP contribution in [0.5, 0.6) is 0 Å². The second-order valence-corrected chi connectivity index (χ2v) is 5.03. The predicted molar refractivity (Wildman–Crippen MR) is 82.7 cm³/mol. The molecule has 1 aromatic carbocycles. The highest BCUT2D eigenvalue weighted by molar-refractivity contribution is 6.32. The van der Waals surface area contributed by atoms with Gasteiger partial charge in [0.1, 0.15) is 11.0 Å². The van der Waals surface area contributed by atoms with Crippen LogP contribution in [0.2, 0.25) is 10.4 Å². The van der Waals surface area contributed by atoms with Crippen molar-refractivity contribution in [1.29, 1.82) is 0 Å². The highest BCUT2D eigenvalue weighted by atomic mass is 35.5. The van der Waals surface area contributed by atoms with E-state index in [1.54, 1.807) is 24.4 Å². The highest BCUT2D eigenvalue weighted by Crippen LogP contribution is 2.22. The molecule has 3 rings (SSSR count). The standard InChI is InChI=1S/C13H9Cl2N5O/c14-10-4-11(20-13(15)18-10)19-12(21)8-5-17-9-2-1-6(16)3-7(8)9/h1-5,17H,16H2,(H,18,19,20,21). The van der Waals surface area contributed by atoms with Crippen molar-refractivity contribution in [1.82, 2.24) is 15.0 Å². The number of fused-ring (bicyclic) bond motifs is 1. The first-order chi connectivity index (χ1) is 10.0. The zero-order chi connectivity index (χ0) is 15.0. The molecule has 3 aromatic rings. The van der Waals surface area contributed by atoms with Gasteiger partial charge in [-0.1, -0.05) is 11.6 Å². The summed E-state index contributed by atoms with van der Waals surface area (Å²) >= 11 is 11.5. The lowest BCUT2D eigenvalue weighted by atomic mass is 10.1. The number of hydrogen-bond acceptors (Lipinski definition) is 4. The van der Waals surface area contributed by atoms with Gasteiger partial charge in [0.25, 0.3) is 5.91 Å². The zero-order valence-corrected chi connectivity index (χ0v) is 12.0. The lowest BCUT2D eigenvalue weighted by Gasteiger charge is -2.04. The normalized spacial score (nSPS) is 10.8. The van der Waals surface area contributed by atoms with Crippen LogP contribution in [0.1, 0.15) is 10.4 Å². The van der Waals surface area contributed by atoms with Gasteiger partial charge < -0.3 is 16.0 Å². The number of hydrogen-bond donors (Lipinski definition) is 3. The molecule has 6 nitrogen and oxygen atoms in total. The van der Waals surface area contributed by atoms with Gasteiger partial charge in [-0.15, -0.1) is 0 Å². The number of anilines is 2. The Hall–Kier alpha value is -2.31. The monoisotopic (exact) mass is 321 g/mol. The van der Waals surface area contributed by atoms with Gasteiger partial charge in [0.15, 0.2) is 0 Å². The number of nitrogens with zero attached hydrogens (tertiary/aromatic N) is 2. The number of H-pyrrole nitrogens is 1. The van der Waals surface area contributed by atoms with Gasteiger partial charge in [0.05, 0.1) is 5.56 Å². The summed E-state index contributed by atoms with van der Waals surface area (Å²) in [6.07, 6.45) is 1.60. The Labute approximate surface area is 129 Å². The summed E-state index contributed by atoms with van der Waals surface area (Å²) in [5, 5.41) is 3.44. The molecular formula is C13H9Cl2N5O. The smallest absolute Gasteiger partial charge is 0.258 e. The Morgan fingerprint density at radius 3 is 2.81 bits per heavy atom. The minimum Gasteiger partial charge on any atom is -0.399 e. The number of aromatic nitrogens is 3. The minimum absolute atomic E-state index is 0.0408. The molecule has 106 valence electrons. The Bertz CT molecular complexity index is 825. The molecule has 0 aliphatic rings. The predicted octanol–water partition coefficient (Wildman–Crippen LogP) is 3.10. The van der Waals surface area contributed by atoms with E-state index in [9.17, 15) is 4.79 Å². The number of carbonyl (C=O) groups is 1. The summed E-state index contributed by atoms with van der Waals surface area (Å²) in [6.45, 7) is 0. The van der Waals surface area contributed by atoms with Gasteiger partial charge in [0.2, 0.25) is 5.28 Å². The lowest BCUT2D eigenvalue weighted by Crippen LogP contribution is -2.12. The molecule has 0 saturated heterocycles. The number of amides is 1. The Morgan fingerprint density at radius 2 is 2.05 bits per heavy atom. The minimum atomic E-state index is -0.349. The maximum absolute atomic E-state index is 12.3. The third-order valence-corrected chi connectivity index (χ3v) is 3.22. The van der Waals surface area contributed by atoms with Crippen molar-refractivity contribution in [3.63, 3.8) is 0 Å². The van der Waals surface area contributed by atoms with E-state index in [0.29, 0.717) is 11.3 Å². The molecule has 2 aromatic heterocycles. The number of benzene rings is 1. The number of nitrogens with one attached hydrogen (secondary N) is 2. The molecule has 21 heavy (non-hydrogen) atoms. The average Bonchev–Trinajstić information content (AvgIpc) is 2.80. The number of halogens is 2. The van der Waals surface area contributed by atoms with Gasteiger partial charge in [-0.2, -0.15) is 0 Å². The highest BCUT2D eigenvalue weighted by Gasteiger charge is 2.13. The first-order valence-corrected chi connectivity index (χ1v) is 6.66. The number of nitrogens with two attached hydrogens (primary N) is 1. The molecule has 0 atom stereocenters. The summed E-state index contributed by atoms with van der Waals surface area (Å²) < 4.78 is 0. The second kappa shape index (κ2) is 5.23. The Kier molecular flexibility index (Phi) is 3.40. The topological polar surface area (TPSA) is 96.7 Å². The molecule has 8 heteroatoms.